The van der Waals surface area contributed by atoms with Gasteiger partial charge in [-0.05, 0) is 37.1 Å². The number of hydrogen-bond acceptors (Lipinski definition) is 2. The molecule has 2 heteroatoms. The zero-order valence-corrected chi connectivity index (χ0v) is 15.7. The number of aliphatic hydroxyl groups is 1. The van der Waals surface area contributed by atoms with Crippen LogP contribution in [0.4, 0.5) is 0 Å². The molecule has 1 aliphatic heterocycles. The van der Waals surface area contributed by atoms with Crippen molar-refractivity contribution >= 4 is 0 Å². The monoisotopic (exact) mass is 341 g/mol. The first-order valence-electron chi connectivity index (χ1n) is 10.2. The summed E-state index contributed by atoms with van der Waals surface area (Å²) >= 11 is 0. The van der Waals surface area contributed by atoms with E-state index in [1.165, 1.54) is 56.9 Å². The third-order valence-electron chi connectivity index (χ3n) is 5.01. The lowest BCUT2D eigenvalue weighted by atomic mass is 10.0. The predicted octanol–water partition coefficient (Wildman–Crippen LogP) is 5.49. The molecule has 2 rings (SSSR count). The average Bonchev–Trinajstić information content (AvgIpc) is 2.65. The van der Waals surface area contributed by atoms with Crippen molar-refractivity contribution in [1.29, 1.82) is 0 Å². The van der Waals surface area contributed by atoms with Crippen LogP contribution in [-0.4, -0.2) is 29.2 Å². The summed E-state index contributed by atoms with van der Waals surface area (Å²) in [5, 5.41) is 8.76. The number of aliphatic hydroxyl groups excluding tert-OH is 1. The van der Waals surface area contributed by atoms with Crippen molar-refractivity contribution in [3.05, 3.63) is 60.3 Å². The summed E-state index contributed by atoms with van der Waals surface area (Å²) < 4.78 is 0. The van der Waals surface area contributed by atoms with Gasteiger partial charge in [0.1, 0.15) is 0 Å². The van der Waals surface area contributed by atoms with Gasteiger partial charge in [0.2, 0.25) is 0 Å². The lowest BCUT2D eigenvalue weighted by Gasteiger charge is -2.30. The van der Waals surface area contributed by atoms with Gasteiger partial charge in [-0.25, -0.2) is 0 Å². The first kappa shape index (κ1) is 19.8. The number of benzene rings is 1. The Labute approximate surface area is 154 Å². The predicted molar refractivity (Wildman–Crippen MR) is 108 cm³/mol. The highest BCUT2D eigenvalue weighted by Gasteiger charge is 2.14. The minimum atomic E-state index is 0.353. The zero-order chi connectivity index (χ0) is 17.6. The van der Waals surface area contributed by atoms with E-state index in [9.17, 15) is 0 Å². The number of hydrogen-bond donors (Lipinski definition) is 1. The maximum atomic E-state index is 8.76. The van der Waals surface area contributed by atoms with Crippen LogP contribution in [0.3, 0.4) is 0 Å². The van der Waals surface area contributed by atoms with Gasteiger partial charge in [0.05, 0.1) is 6.04 Å². The lowest BCUT2D eigenvalue weighted by Crippen LogP contribution is -2.33. The first-order chi connectivity index (χ1) is 12.4. The van der Waals surface area contributed by atoms with Crippen LogP contribution in [0.15, 0.2) is 54.8 Å². The molecule has 0 bridgehead atoms. The molecule has 1 N–H and O–H groups in total. The molecule has 0 saturated heterocycles. The lowest BCUT2D eigenvalue weighted by molar-refractivity contribution is 0.282. The zero-order valence-electron chi connectivity index (χ0n) is 15.7. The Kier molecular flexibility index (Phi) is 10.1. The Balaban J connectivity index is 1.56. The van der Waals surface area contributed by atoms with Gasteiger partial charge in [-0.15, -0.1) is 0 Å². The normalized spacial score (nSPS) is 16.5. The topological polar surface area (TPSA) is 23.5 Å². The summed E-state index contributed by atoms with van der Waals surface area (Å²) in [4.78, 5) is 2.50. The molecule has 1 unspecified atom stereocenters. The fourth-order valence-corrected chi connectivity index (χ4v) is 3.50. The van der Waals surface area contributed by atoms with Gasteiger partial charge in [0.15, 0.2) is 0 Å². The smallest absolute Gasteiger partial charge is 0.0510 e. The Morgan fingerprint density at radius 3 is 2.08 bits per heavy atom. The molecule has 138 valence electrons. The minimum Gasteiger partial charge on any atom is -0.396 e. The van der Waals surface area contributed by atoms with Crippen LogP contribution in [0.25, 0.3) is 0 Å². The van der Waals surface area contributed by atoms with Gasteiger partial charge in [0.25, 0.3) is 0 Å². The number of rotatable bonds is 13. The molecule has 1 atom stereocenters. The number of allylic oxidation sites excluding steroid dienone is 2. The molecule has 1 heterocycles. The van der Waals surface area contributed by atoms with Gasteiger partial charge >= 0.3 is 0 Å². The SMILES string of the molecule is OCCCCCCCCCCCN1C=CC=CC1Cc1ccccc1. The maximum Gasteiger partial charge on any atom is 0.0510 e. The summed E-state index contributed by atoms with van der Waals surface area (Å²) in [7, 11) is 0. The van der Waals surface area contributed by atoms with Gasteiger partial charge in [0, 0.05) is 13.2 Å². The summed E-state index contributed by atoms with van der Waals surface area (Å²) in [6.07, 6.45) is 21.5. The van der Waals surface area contributed by atoms with Crippen molar-refractivity contribution in [1.82, 2.24) is 4.90 Å². The van der Waals surface area contributed by atoms with E-state index in [2.05, 4.69) is 59.7 Å². The average molecular weight is 342 g/mol. The third-order valence-corrected chi connectivity index (χ3v) is 5.01. The summed E-state index contributed by atoms with van der Waals surface area (Å²) in [5.74, 6) is 0. The summed E-state index contributed by atoms with van der Waals surface area (Å²) in [6, 6.07) is 11.3. The van der Waals surface area contributed by atoms with Crippen LogP contribution in [-0.2, 0) is 6.42 Å². The Bertz CT molecular complexity index is 494. The van der Waals surface area contributed by atoms with E-state index < -0.39 is 0 Å². The van der Waals surface area contributed by atoms with E-state index in [4.69, 9.17) is 5.11 Å². The van der Waals surface area contributed by atoms with Crippen molar-refractivity contribution < 1.29 is 5.11 Å². The third kappa shape index (κ3) is 8.40. The molecule has 0 fully saturated rings. The second-order valence-electron chi connectivity index (χ2n) is 7.13. The molecule has 0 spiro atoms. The molecule has 1 aromatic rings. The highest BCUT2D eigenvalue weighted by molar-refractivity contribution is 5.21. The van der Waals surface area contributed by atoms with Crippen LogP contribution >= 0.6 is 0 Å². The number of unbranched alkanes of at least 4 members (excludes halogenated alkanes) is 8. The quantitative estimate of drug-likeness (QED) is 0.480. The first-order valence-corrected chi connectivity index (χ1v) is 10.2. The maximum absolute atomic E-state index is 8.76. The van der Waals surface area contributed by atoms with Crippen LogP contribution in [0, 0.1) is 0 Å². The van der Waals surface area contributed by atoms with E-state index >= 15 is 0 Å². The Morgan fingerprint density at radius 1 is 0.760 bits per heavy atom. The molecule has 0 aromatic heterocycles. The van der Waals surface area contributed by atoms with Crippen molar-refractivity contribution in [3.8, 4) is 0 Å². The molecule has 2 nitrogen and oxygen atoms in total. The van der Waals surface area contributed by atoms with Crippen molar-refractivity contribution in [2.45, 2.75) is 70.3 Å². The fraction of sp³-hybridized carbons (Fsp3) is 0.565. The van der Waals surface area contributed by atoms with Gasteiger partial charge < -0.3 is 10.0 Å². The van der Waals surface area contributed by atoms with Crippen molar-refractivity contribution in [3.63, 3.8) is 0 Å². The molecular weight excluding hydrogens is 306 g/mol. The van der Waals surface area contributed by atoms with E-state index in [1.54, 1.807) is 0 Å². The molecule has 0 aliphatic carbocycles. The highest BCUT2D eigenvalue weighted by atomic mass is 16.2. The van der Waals surface area contributed by atoms with Crippen LogP contribution in [0.1, 0.15) is 63.4 Å². The van der Waals surface area contributed by atoms with E-state index in [0.717, 1.165) is 19.4 Å². The molecule has 0 radical (unpaired) electrons. The second-order valence-corrected chi connectivity index (χ2v) is 7.13. The minimum absolute atomic E-state index is 0.353. The van der Waals surface area contributed by atoms with E-state index in [-0.39, 0.29) is 0 Å². The van der Waals surface area contributed by atoms with Gasteiger partial charge in [-0.1, -0.05) is 87.4 Å². The largest absolute Gasteiger partial charge is 0.396 e. The van der Waals surface area contributed by atoms with Gasteiger partial charge in [-0.2, -0.15) is 0 Å². The van der Waals surface area contributed by atoms with E-state index in [1.807, 2.05) is 0 Å². The number of nitrogens with zero attached hydrogens (tertiary/aromatic N) is 1. The Morgan fingerprint density at radius 2 is 1.40 bits per heavy atom. The van der Waals surface area contributed by atoms with Crippen molar-refractivity contribution in [2.24, 2.45) is 0 Å². The molecule has 0 amide bonds. The fourth-order valence-electron chi connectivity index (χ4n) is 3.50. The second kappa shape index (κ2) is 12.8. The molecule has 0 saturated carbocycles. The van der Waals surface area contributed by atoms with Crippen LogP contribution in [0.2, 0.25) is 0 Å². The summed E-state index contributed by atoms with van der Waals surface area (Å²) in [6.45, 7) is 1.51. The van der Waals surface area contributed by atoms with Gasteiger partial charge in [-0.3, -0.25) is 0 Å². The van der Waals surface area contributed by atoms with Crippen molar-refractivity contribution in [2.75, 3.05) is 13.2 Å². The summed E-state index contributed by atoms with van der Waals surface area (Å²) in [5.41, 5.74) is 1.42. The Hall–Kier alpha value is -1.54. The molecular formula is C23H35NO. The van der Waals surface area contributed by atoms with Crippen LogP contribution in [0.5, 0.6) is 0 Å². The highest BCUT2D eigenvalue weighted by Crippen LogP contribution is 2.16. The molecule has 25 heavy (non-hydrogen) atoms. The standard InChI is InChI=1S/C23H35NO/c25-20-14-7-5-3-1-2-4-6-12-18-24-19-13-11-17-23(24)21-22-15-9-8-10-16-22/h8-11,13,15-17,19,23,25H,1-7,12,14,18,20-21H2. The van der Waals surface area contributed by atoms with E-state index in [0.29, 0.717) is 12.6 Å². The molecule has 1 aromatic carbocycles. The molecule has 1 aliphatic rings. The van der Waals surface area contributed by atoms with Crippen LogP contribution < -0.4 is 0 Å².